The Balaban J connectivity index is 0.000000534. The van der Waals surface area contributed by atoms with Crippen LogP contribution in [0.2, 0.25) is 0 Å². The maximum Gasteiger partial charge on any atom is 0.451 e. The molecule has 1 aromatic heterocycles. The van der Waals surface area contributed by atoms with Crippen LogP contribution in [0.1, 0.15) is 12.7 Å². The molecule has 0 aliphatic rings. The third-order valence-electron chi connectivity index (χ3n) is 1.50. The van der Waals surface area contributed by atoms with Gasteiger partial charge in [-0.25, -0.2) is 0 Å². The number of rotatable bonds is 1. The quantitative estimate of drug-likeness (QED) is 0.310. The summed E-state index contributed by atoms with van der Waals surface area (Å²) >= 11 is 0. The van der Waals surface area contributed by atoms with Crippen LogP contribution in [0.5, 0.6) is 11.8 Å². The summed E-state index contributed by atoms with van der Waals surface area (Å²) in [5, 5.41) is 14.6. The molecule has 1 heterocycles. The lowest BCUT2D eigenvalue weighted by molar-refractivity contribution is -0.146. The van der Waals surface area contributed by atoms with Gasteiger partial charge < -0.3 is 15.6 Å². The second kappa shape index (κ2) is 6.91. The smallest absolute Gasteiger partial charge is 0.451 e. The lowest BCUT2D eigenvalue weighted by Gasteiger charge is -2.06. The third-order valence-corrected chi connectivity index (χ3v) is 1.50. The second-order valence-corrected chi connectivity index (χ2v) is 3.39. The van der Waals surface area contributed by atoms with Crippen molar-refractivity contribution in [3.8, 4) is 11.8 Å². The highest BCUT2D eigenvalue weighted by atomic mass is 19.4. The molecule has 22 heavy (non-hydrogen) atoms. The summed E-state index contributed by atoms with van der Waals surface area (Å²) in [7, 11) is 0. The van der Waals surface area contributed by atoms with E-state index in [0.717, 1.165) is 6.92 Å². The predicted octanol–water partition coefficient (Wildman–Crippen LogP) is 1.61. The number of amidine groups is 1. The molecule has 1 rings (SSSR count). The van der Waals surface area contributed by atoms with E-state index < -0.39 is 41.7 Å². The van der Waals surface area contributed by atoms with E-state index in [-0.39, 0.29) is 0 Å². The van der Waals surface area contributed by atoms with Gasteiger partial charge in [0.1, 0.15) is 0 Å². The number of ether oxygens (including phenoxy) is 1. The minimum absolute atomic E-state index is 0.651. The molecule has 0 fully saturated rings. The van der Waals surface area contributed by atoms with E-state index in [1.807, 2.05) is 0 Å². The van der Waals surface area contributed by atoms with Crippen LogP contribution in [0.4, 0.5) is 26.3 Å². The molecule has 0 radical (unpaired) electrons. The number of carbonyl (C=O) groups excluding carboxylic acids is 1. The fourth-order valence-electron chi connectivity index (χ4n) is 0.739. The van der Waals surface area contributed by atoms with Gasteiger partial charge in [0.2, 0.25) is 17.6 Å². The van der Waals surface area contributed by atoms with Gasteiger partial charge in [-0.1, -0.05) is 0 Å². The van der Waals surface area contributed by atoms with Crippen LogP contribution in [0, 0.1) is 5.41 Å². The molecule has 13 heteroatoms. The average molecular weight is 334 g/mol. The van der Waals surface area contributed by atoms with Gasteiger partial charge in [-0.15, -0.1) is 0 Å². The van der Waals surface area contributed by atoms with Crippen molar-refractivity contribution in [3.05, 3.63) is 11.9 Å². The minimum atomic E-state index is -4.81. The Morgan fingerprint density at radius 1 is 1.27 bits per heavy atom. The van der Waals surface area contributed by atoms with E-state index in [1.165, 1.54) is 0 Å². The van der Waals surface area contributed by atoms with Crippen LogP contribution in [0.15, 0.2) is 6.07 Å². The molecular formula is C9H8F6N4O3. The highest BCUT2D eigenvalue weighted by Gasteiger charge is 2.36. The summed E-state index contributed by atoms with van der Waals surface area (Å²) in [5.74, 6) is -5.75. The first-order chi connectivity index (χ1) is 9.73. The highest BCUT2D eigenvalue weighted by Crippen LogP contribution is 2.29. The number of aromatic hydroxyl groups is 1. The van der Waals surface area contributed by atoms with Crippen molar-refractivity contribution >= 4 is 11.8 Å². The van der Waals surface area contributed by atoms with Crippen molar-refractivity contribution < 1.29 is 41.0 Å². The molecule has 1 aromatic rings. The SMILES string of the molecule is CC(=O)Oc1cc(O)nc(C(F)(F)F)n1.N=C(N)C(F)(F)F. The summed E-state index contributed by atoms with van der Waals surface area (Å²) in [5.41, 5.74) is 4.03. The number of nitrogens with zero attached hydrogens (tertiary/aromatic N) is 2. The number of carbonyl (C=O) groups is 1. The second-order valence-electron chi connectivity index (χ2n) is 3.39. The van der Waals surface area contributed by atoms with Crippen LogP contribution in [0.3, 0.4) is 0 Å². The predicted molar refractivity (Wildman–Crippen MR) is 58.0 cm³/mol. The van der Waals surface area contributed by atoms with E-state index in [2.05, 4.69) is 20.4 Å². The zero-order chi connectivity index (χ0) is 17.7. The van der Waals surface area contributed by atoms with Crippen molar-refractivity contribution in [2.24, 2.45) is 5.73 Å². The Morgan fingerprint density at radius 3 is 2.05 bits per heavy atom. The maximum atomic E-state index is 12.1. The molecule has 0 spiro atoms. The molecule has 0 amide bonds. The number of esters is 1. The first-order valence-corrected chi connectivity index (χ1v) is 4.98. The van der Waals surface area contributed by atoms with Gasteiger partial charge in [0.25, 0.3) is 0 Å². The van der Waals surface area contributed by atoms with Crippen molar-refractivity contribution in [1.82, 2.24) is 9.97 Å². The highest BCUT2D eigenvalue weighted by molar-refractivity contribution is 5.82. The summed E-state index contributed by atoms with van der Waals surface area (Å²) < 4.78 is 73.1. The molecular weight excluding hydrogens is 326 g/mol. The van der Waals surface area contributed by atoms with Crippen molar-refractivity contribution in [2.75, 3.05) is 0 Å². The van der Waals surface area contributed by atoms with E-state index in [4.69, 9.17) is 10.5 Å². The summed E-state index contributed by atoms with van der Waals surface area (Å²) in [6, 6.07) is 0.705. The number of aromatic nitrogens is 2. The number of nitrogens with two attached hydrogens (primary N) is 1. The summed E-state index contributed by atoms with van der Waals surface area (Å²) in [6.07, 6.45) is -9.45. The van der Waals surface area contributed by atoms with Gasteiger partial charge in [0.15, 0.2) is 5.84 Å². The summed E-state index contributed by atoms with van der Waals surface area (Å²) in [4.78, 5) is 16.1. The fraction of sp³-hybridized carbons (Fsp3) is 0.333. The lowest BCUT2D eigenvalue weighted by Crippen LogP contribution is -2.29. The standard InChI is InChI=1S/C7H5F3N2O3.C2H3F3N2/c1-3(13)15-5-2-4(14)11-6(12-5)7(8,9)10;3-2(4,5)1(6)7/h2H,1H3,(H,11,12,14);(H3,6,7). The molecule has 0 unspecified atom stereocenters. The fourth-order valence-corrected chi connectivity index (χ4v) is 0.739. The normalized spacial score (nSPS) is 11.2. The van der Waals surface area contributed by atoms with E-state index in [1.54, 1.807) is 0 Å². The molecule has 0 saturated carbocycles. The van der Waals surface area contributed by atoms with Crippen LogP contribution in [0.25, 0.3) is 0 Å². The molecule has 0 atom stereocenters. The monoisotopic (exact) mass is 334 g/mol. The number of hydrogen-bond donors (Lipinski definition) is 3. The first kappa shape index (κ1) is 19.4. The zero-order valence-corrected chi connectivity index (χ0v) is 10.6. The molecule has 0 saturated heterocycles. The van der Waals surface area contributed by atoms with Gasteiger partial charge >= 0.3 is 18.3 Å². The topological polar surface area (TPSA) is 122 Å². The number of hydrogen-bond acceptors (Lipinski definition) is 6. The average Bonchev–Trinajstić information content (AvgIpc) is 2.25. The Kier molecular flexibility index (Phi) is 6.09. The zero-order valence-electron chi connectivity index (χ0n) is 10.6. The first-order valence-electron chi connectivity index (χ1n) is 4.98. The molecule has 4 N–H and O–H groups in total. The van der Waals surface area contributed by atoms with Crippen molar-refractivity contribution in [3.63, 3.8) is 0 Å². The van der Waals surface area contributed by atoms with Crippen molar-refractivity contribution in [1.29, 1.82) is 5.41 Å². The Morgan fingerprint density at radius 2 is 1.73 bits per heavy atom. The van der Waals surface area contributed by atoms with Crippen LogP contribution in [-0.2, 0) is 11.0 Å². The van der Waals surface area contributed by atoms with Crippen LogP contribution >= 0.6 is 0 Å². The number of halogens is 6. The van der Waals surface area contributed by atoms with Crippen LogP contribution in [-0.4, -0.2) is 33.1 Å². The van der Waals surface area contributed by atoms with Gasteiger partial charge in [0, 0.05) is 6.92 Å². The summed E-state index contributed by atoms with van der Waals surface area (Å²) in [6.45, 7) is 0.992. The van der Waals surface area contributed by atoms with E-state index in [0.29, 0.717) is 6.07 Å². The molecule has 0 bridgehead atoms. The van der Waals surface area contributed by atoms with Crippen molar-refractivity contribution in [2.45, 2.75) is 19.3 Å². The molecule has 0 aromatic carbocycles. The Bertz CT molecular complexity index is 557. The van der Waals surface area contributed by atoms with E-state index in [9.17, 15) is 31.1 Å². The molecule has 124 valence electrons. The number of nitrogens with one attached hydrogen (secondary N) is 1. The maximum absolute atomic E-state index is 12.1. The third kappa shape index (κ3) is 7.25. The van der Waals surface area contributed by atoms with Gasteiger partial charge in [0.05, 0.1) is 6.07 Å². The largest absolute Gasteiger partial charge is 0.493 e. The molecule has 0 aliphatic carbocycles. The van der Waals surface area contributed by atoms with Gasteiger partial charge in [-0.2, -0.15) is 36.3 Å². The minimum Gasteiger partial charge on any atom is -0.493 e. The Labute approximate surface area is 118 Å². The van der Waals surface area contributed by atoms with Crippen LogP contribution < -0.4 is 10.5 Å². The molecule has 0 aliphatic heterocycles. The molecule has 7 nitrogen and oxygen atoms in total. The lowest BCUT2D eigenvalue weighted by atomic mass is 10.5. The van der Waals surface area contributed by atoms with Gasteiger partial charge in [-0.05, 0) is 0 Å². The Hall–Kier alpha value is -2.60. The van der Waals surface area contributed by atoms with Gasteiger partial charge in [-0.3, -0.25) is 10.2 Å². The van der Waals surface area contributed by atoms with E-state index >= 15 is 0 Å². The number of alkyl halides is 6.